The van der Waals surface area contributed by atoms with E-state index in [4.69, 9.17) is 0 Å². The van der Waals surface area contributed by atoms with Gasteiger partial charge in [0.25, 0.3) is 5.69 Å². The smallest absolute Gasteiger partial charge is 0.270 e. The van der Waals surface area contributed by atoms with Crippen LogP contribution in [0, 0.1) is 10.1 Å². The van der Waals surface area contributed by atoms with Crippen molar-refractivity contribution >= 4 is 23.4 Å². The van der Waals surface area contributed by atoms with Gasteiger partial charge in [-0.2, -0.15) is 0 Å². The lowest BCUT2D eigenvalue weighted by molar-refractivity contribution is -0.384. The van der Waals surface area contributed by atoms with Gasteiger partial charge in [-0.1, -0.05) is 18.2 Å². The van der Waals surface area contributed by atoms with E-state index in [1.54, 1.807) is 18.2 Å². The number of nitro benzene ring substituents is 1. The predicted octanol–water partition coefficient (Wildman–Crippen LogP) is 3.74. The summed E-state index contributed by atoms with van der Waals surface area (Å²) in [7, 11) is 0. The highest BCUT2D eigenvalue weighted by molar-refractivity contribution is 6.02. The van der Waals surface area contributed by atoms with Crippen LogP contribution in [0.5, 0.6) is 0 Å². The molecule has 0 fully saturated rings. The van der Waals surface area contributed by atoms with Crippen LogP contribution >= 0.6 is 0 Å². The summed E-state index contributed by atoms with van der Waals surface area (Å²) in [4.78, 5) is 22.2. The van der Waals surface area contributed by atoms with Crippen molar-refractivity contribution in [2.24, 2.45) is 0 Å². The average Bonchev–Trinajstić information content (AvgIpc) is 3.01. The number of carbonyl (C=O) groups is 1. The van der Waals surface area contributed by atoms with Crippen LogP contribution in [0.2, 0.25) is 0 Å². The van der Waals surface area contributed by atoms with Crippen molar-refractivity contribution in [2.75, 3.05) is 5.32 Å². The summed E-state index contributed by atoms with van der Waals surface area (Å²) in [5.41, 5.74) is 4.05. The van der Waals surface area contributed by atoms with Crippen molar-refractivity contribution in [3.8, 4) is 0 Å². The molecule has 1 amide bonds. The molecule has 2 aromatic rings. The minimum absolute atomic E-state index is 0.00572. The van der Waals surface area contributed by atoms with Crippen molar-refractivity contribution in [2.45, 2.75) is 19.3 Å². The molecule has 2 aromatic carbocycles. The fourth-order valence-electron chi connectivity index (χ4n) is 2.75. The molecule has 0 atom stereocenters. The molecule has 1 aliphatic rings. The molecule has 0 radical (unpaired) electrons. The molecule has 5 heteroatoms. The Balaban J connectivity index is 1.67. The third-order valence-corrected chi connectivity index (χ3v) is 3.87. The van der Waals surface area contributed by atoms with Crippen molar-refractivity contribution in [1.82, 2.24) is 0 Å². The van der Waals surface area contributed by atoms with Gasteiger partial charge in [-0.05, 0) is 54.2 Å². The Kier molecular flexibility index (Phi) is 4.19. The molecule has 3 rings (SSSR count). The number of amides is 1. The van der Waals surface area contributed by atoms with Gasteiger partial charge in [-0.25, -0.2) is 0 Å². The Morgan fingerprint density at radius 2 is 1.96 bits per heavy atom. The third kappa shape index (κ3) is 3.63. The first-order chi connectivity index (χ1) is 11.1. The van der Waals surface area contributed by atoms with E-state index >= 15 is 0 Å². The summed E-state index contributed by atoms with van der Waals surface area (Å²) >= 11 is 0. The Morgan fingerprint density at radius 1 is 1.13 bits per heavy atom. The molecular formula is C18H16N2O3. The molecule has 116 valence electrons. The summed E-state index contributed by atoms with van der Waals surface area (Å²) < 4.78 is 0. The molecule has 0 unspecified atom stereocenters. The second-order valence-corrected chi connectivity index (χ2v) is 5.51. The van der Waals surface area contributed by atoms with Crippen LogP contribution in [0.1, 0.15) is 23.1 Å². The summed E-state index contributed by atoms with van der Waals surface area (Å²) in [5.74, 6) is -0.255. The molecule has 0 heterocycles. The van der Waals surface area contributed by atoms with Crippen LogP contribution in [0.15, 0.2) is 48.5 Å². The zero-order valence-corrected chi connectivity index (χ0v) is 12.5. The molecule has 0 aromatic heterocycles. The zero-order chi connectivity index (χ0) is 16.2. The van der Waals surface area contributed by atoms with Gasteiger partial charge >= 0.3 is 0 Å². The molecule has 0 spiro atoms. The molecule has 0 saturated heterocycles. The summed E-state index contributed by atoms with van der Waals surface area (Å²) in [6, 6.07) is 12.1. The Bertz CT molecular complexity index is 797. The lowest BCUT2D eigenvalue weighted by Crippen LogP contribution is -2.08. The van der Waals surface area contributed by atoms with Crippen LogP contribution < -0.4 is 5.32 Å². The molecule has 0 aliphatic heterocycles. The van der Waals surface area contributed by atoms with Gasteiger partial charge in [0.15, 0.2) is 0 Å². The largest absolute Gasteiger partial charge is 0.323 e. The number of fused-ring (bicyclic) bond motifs is 1. The first-order valence-corrected chi connectivity index (χ1v) is 7.47. The van der Waals surface area contributed by atoms with E-state index in [0.29, 0.717) is 5.56 Å². The number of nitrogens with one attached hydrogen (secondary N) is 1. The number of anilines is 1. The van der Waals surface area contributed by atoms with Crippen LogP contribution in [0.3, 0.4) is 0 Å². The van der Waals surface area contributed by atoms with E-state index in [0.717, 1.165) is 18.5 Å². The maximum atomic E-state index is 12.0. The van der Waals surface area contributed by atoms with Gasteiger partial charge in [0, 0.05) is 23.9 Å². The van der Waals surface area contributed by atoms with Crippen molar-refractivity contribution in [3.05, 3.63) is 75.3 Å². The monoisotopic (exact) mass is 308 g/mol. The number of nitro groups is 1. The minimum Gasteiger partial charge on any atom is -0.323 e. The fourth-order valence-corrected chi connectivity index (χ4v) is 2.75. The third-order valence-electron chi connectivity index (χ3n) is 3.87. The quantitative estimate of drug-likeness (QED) is 0.531. The summed E-state index contributed by atoms with van der Waals surface area (Å²) in [6.45, 7) is 0. The minimum atomic E-state index is -0.456. The first-order valence-electron chi connectivity index (χ1n) is 7.47. The number of carbonyl (C=O) groups excluding carboxylic acids is 1. The molecule has 23 heavy (non-hydrogen) atoms. The van der Waals surface area contributed by atoms with Gasteiger partial charge in [0.05, 0.1) is 4.92 Å². The average molecular weight is 308 g/mol. The number of aryl methyl sites for hydroxylation is 2. The molecule has 0 saturated carbocycles. The lowest BCUT2D eigenvalue weighted by atomic mass is 10.1. The SMILES string of the molecule is O=C(/C=C/c1cccc([N+](=O)[O-])c1)Nc1ccc2c(c1)CCC2. The normalized spacial score (nSPS) is 13.0. The van der Waals surface area contributed by atoms with Gasteiger partial charge < -0.3 is 5.32 Å². The van der Waals surface area contributed by atoms with Crippen LogP contribution in [-0.4, -0.2) is 10.8 Å². The van der Waals surface area contributed by atoms with Crippen LogP contribution in [0.25, 0.3) is 6.08 Å². The zero-order valence-electron chi connectivity index (χ0n) is 12.5. The van der Waals surface area contributed by atoms with E-state index in [1.807, 2.05) is 12.1 Å². The van der Waals surface area contributed by atoms with E-state index in [9.17, 15) is 14.9 Å². The molecule has 5 nitrogen and oxygen atoms in total. The molecule has 0 bridgehead atoms. The van der Waals surface area contributed by atoms with Gasteiger partial charge in [0.1, 0.15) is 0 Å². The summed E-state index contributed by atoms with van der Waals surface area (Å²) in [6.07, 6.45) is 6.28. The Hall–Kier alpha value is -2.95. The Morgan fingerprint density at radius 3 is 2.78 bits per heavy atom. The summed E-state index contributed by atoms with van der Waals surface area (Å²) in [5, 5.41) is 13.5. The number of non-ortho nitro benzene ring substituents is 1. The molecule has 1 aliphatic carbocycles. The molecular weight excluding hydrogens is 292 g/mol. The number of nitrogens with zero attached hydrogens (tertiary/aromatic N) is 1. The van der Waals surface area contributed by atoms with E-state index in [-0.39, 0.29) is 11.6 Å². The van der Waals surface area contributed by atoms with E-state index in [2.05, 4.69) is 11.4 Å². The van der Waals surface area contributed by atoms with E-state index in [1.165, 1.54) is 35.8 Å². The Labute approximate surface area is 133 Å². The first kappa shape index (κ1) is 15.0. The fraction of sp³-hybridized carbons (Fsp3) is 0.167. The highest BCUT2D eigenvalue weighted by atomic mass is 16.6. The van der Waals surface area contributed by atoms with Gasteiger partial charge in [0.2, 0.25) is 5.91 Å². The highest BCUT2D eigenvalue weighted by Crippen LogP contribution is 2.24. The number of hydrogen-bond donors (Lipinski definition) is 1. The topological polar surface area (TPSA) is 72.2 Å². The van der Waals surface area contributed by atoms with Crippen LogP contribution in [-0.2, 0) is 17.6 Å². The maximum Gasteiger partial charge on any atom is 0.270 e. The number of benzene rings is 2. The molecule has 1 N–H and O–H groups in total. The second-order valence-electron chi connectivity index (χ2n) is 5.51. The van der Waals surface area contributed by atoms with Gasteiger partial charge in [-0.15, -0.1) is 0 Å². The van der Waals surface area contributed by atoms with Crippen molar-refractivity contribution in [3.63, 3.8) is 0 Å². The van der Waals surface area contributed by atoms with Gasteiger partial charge in [-0.3, -0.25) is 14.9 Å². The second kappa shape index (κ2) is 6.44. The van der Waals surface area contributed by atoms with Crippen molar-refractivity contribution in [1.29, 1.82) is 0 Å². The predicted molar refractivity (Wildman–Crippen MR) is 89.2 cm³/mol. The number of rotatable bonds is 4. The van der Waals surface area contributed by atoms with E-state index < -0.39 is 4.92 Å². The highest BCUT2D eigenvalue weighted by Gasteiger charge is 2.11. The number of hydrogen-bond acceptors (Lipinski definition) is 3. The maximum absolute atomic E-state index is 12.0. The lowest BCUT2D eigenvalue weighted by Gasteiger charge is -2.05. The van der Waals surface area contributed by atoms with Crippen molar-refractivity contribution < 1.29 is 9.72 Å². The van der Waals surface area contributed by atoms with Crippen LogP contribution in [0.4, 0.5) is 11.4 Å². The standard InChI is InChI=1S/C18H16N2O3/c21-18(10-7-13-3-1-6-17(11-13)20(22)23)19-16-9-8-14-4-2-5-15(14)12-16/h1,3,6-12H,2,4-5H2,(H,19,21)/b10-7+.